The topological polar surface area (TPSA) is 18.5 Å². The third-order valence-electron chi connectivity index (χ3n) is 2.93. The Hall–Kier alpha value is -0.0800. The predicted molar refractivity (Wildman–Crippen MR) is 42.4 cm³/mol. The lowest BCUT2D eigenvalue weighted by atomic mass is 9.96. The Kier molecular flexibility index (Phi) is 1.90. The van der Waals surface area contributed by atoms with E-state index in [2.05, 4.69) is 13.8 Å². The van der Waals surface area contributed by atoms with Gasteiger partial charge in [-0.15, -0.1) is 0 Å². The first-order valence-electron chi connectivity index (χ1n) is 4.56. The van der Waals surface area contributed by atoms with Crippen molar-refractivity contribution < 1.29 is 9.47 Å². The molecular formula is C9H16O2. The molecule has 0 bridgehead atoms. The fourth-order valence-corrected chi connectivity index (χ4v) is 2.12. The number of rotatable bonds is 1. The van der Waals surface area contributed by atoms with Crippen molar-refractivity contribution in [2.75, 3.05) is 13.2 Å². The molecule has 0 saturated carbocycles. The summed E-state index contributed by atoms with van der Waals surface area (Å²) < 4.78 is 11.3. The van der Waals surface area contributed by atoms with Gasteiger partial charge >= 0.3 is 0 Å². The molecule has 0 spiro atoms. The molecule has 0 radical (unpaired) electrons. The molecule has 0 aromatic carbocycles. The van der Waals surface area contributed by atoms with Crippen LogP contribution in [0.1, 0.15) is 20.3 Å². The van der Waals surface area contributed by atoms with Crippen molar-refractivity contribution in [3.63, 3.8) is 0 Å². The average Bonchev–Trinajstić information content (AvgIpc) is 2.53. The van der Waals surface area contributed by atoms with Crippen molar-refractivity contribution in [2.45, 2.75) is 32.5 Å². The molecule has 64 valence electrons. The van der Waals surface area contributed by atoms with E-state index in [1.54, 1.807) is 0 Å². The predicted octanol–water partition coefficient (Wildman–Crippen LogP) is 1.45. The van der Waals surface area contributed by atoms with Crippen LogP contribution in [0.2, 0.25) is 0 Å². The van der Waals surface area contributed by atoms with Gasteiger partial charge in [-0.2, -0.15) is 0 Å². The zero-order valence-corrected chi connectivity index (χ0v) is 7.25. The molecule has 0 amide bonds. The minimum Gasteiger partial charge on any atom is -0.375 e. The van der Waals surface area contributed by atoms with Gasteiger partial charge in [-0.05, 0) is 6.42 Å². The van der Waals surface area contributed by atoms with E-state index in [1.807, 2.05) is 0 Å². The Balaban J connectivity index is 2.04. The van der Waals surface area contributed by atoms with Gasteiger partial charge in [-0.3, -0.25) is 0 Å². The summed E-state index contributed by atoms with van der Waals surface area (Å²) >= 11 is 0. The summed E-state index contributed by atoms with van der Waals surface area (Å²) in [6.07, 6.45) is 2.00. The minimum absolute atomic E-state index is 0.403. The van der Waals surface area contributed by atoms with E-state index in [-0.39, 0.29) is 0 Å². The SMILES string of the molecule is CC[C@H]1CO[C@H]2[C@@H]1OC[C@@H]2C. The minimum atomic E-state index is 0.403. The molecule has 0 N–H and O–H groups in total. The van der Waals surface area contributed by atoms with Gasteiger partial charge in [0.1, 0.15) is 0 Å². The first-order valence-corrected chi connectivity index (χ1v) is 4.56. The van der Waals surface area contributed by atoms with E-state index >= 15 is 0 Å². The number of ether oxygens (including phenoxy) is 2. The largest absolute Gasteiger partial charge is 0.375 e. The van der Waals surface area contributed by atoms with Crippen LogP contribution in [0.4, 0.5) is 0 Å². The summed E-state index contributed by atoms with van der Waals surface area (Å²) in [4.78, 5) is 0. The van der Waals surface area contributed by atoms with Gasteiger partial charge in [0.05, 0.1) is 25.4 Å². The van der Waals surface area contributed by atoms with Crippen LogP contribution in [0.25, 0.3) is 0 Å². The number of fused-ring (bicyclic) bond motifs is 1. The Bertz CT molecular complexity index is 146. The maximum absolute atomic E-state index is 5.67. The molecule has 11 heavy (non-hydrogen) atoms. The molecule has 0 aromatic rings. The number of hydrogen-bond donors (Lipinski definition) is 0. The summed E-state index contributed by atoms with van der Waals surface area (Å²) in [6, 6.07) is 0. The normalized spacial score (nSPS) is 49.6. The molecular weight excluding hydrogens is 140 g/mol. The van der Waals surface area contributed by atoms with Crippen molar-refractivity contribution in [1.82, 2.24) is 0 Å². The molecule has 2 heterocycles. The molecule has 0 aromatic heterocycles. The fourth-order valence-electron chi connectivity index (χ4n) is 2.12. The molecule has 2 aliphatic heterocycles. The van der Waals surface area contributed by atoms with Crippen molar-refractivity contribution in [2.24, 2.45) is 11.8 Å². The van der Waals surface area contributed by atoms with Crippen LogP contribution < -0.4 is 0 Å². The summed E-state index contributed by atoms with van der Waals surface area (Å²) in [5, 5.41) is 0. The molecule has 0 unspecified atom stereocenters. The van der Waals surface area contributed by atoms with Gasteiger partial charge in [0.2, 0.25) is 0 Å². The lowest BCUT2D eigenvalue weighted by molar-refractivity contribution is 0.0610. The van der Waals surface area contributed by atoms with Crippen LogP contribution in [0.5, 0.6) is 0 Å². The summed E-state index contributed by atoms with van der Waals surface area (Å²) in [6.45, 7) is 6.23. The second kappa shape index (κ2) is 2.76. The van der Waals surface area contributed by atoms with Gasteiger partial charge in [0, 0.05) is 11.8 Å². The van der Waals surface area contributed by atoms with Crippen molar-refractivity contribution in [3.8, 4) is 0 Å². The Labute approximate surface area is 67.9 Å². The van der Waals surface area contributed by atoms with Crippen LogP contribution in [-0.4, -0.2) is 25.4 Å². The van der Waals surface area contributed by atoms with Crippen LogP contribution in [0.15, 0.2) is 0 Å². The summed E-state index contributed by atoms with van der Waals surface area (Å²) in [5.74, 6) is 1.27. The van der Waals surface area contributed by atoms with Gasteiger partial charge in [-0.1, -0.05) is 13.8 Å². The van der Waals surface area contributed by atoms with E-state index in [0.717, 1.165) is 13.2 Å². The first kappa shape index (κ1) is 7.56. The van der Waals surface area contributed by atoms with E-state index in [0.29, 0.717) is 24.0 Å². The van der Waals surface area contributed by atoms with Crippen LogP contribution in [0, 0.1) is 11.8 Å². The van der Waals surface area contributed by atoms with Crippen LogP contribution >= 0.6 is 0 Å². The lowest BCUT2D eigenvalue weighted by Crippen LogP contribution is -2.24. The molecule has 2 rings (SSSR count). The highest BCUT2D eigenvalue weighted by Crippen LogP contribution is 2.35. The van der Waals surface area contributed by atoms with Crippen molar-refractivity contribution in [3.05, 3.63) is 0 Å². The quantitative estimate of drug-likeness (QED) is 0.572. The van der Waals surface area contributed by atoms with Crippen LogP contribution in [-0.2, 0) is 9.47 Å². The van der Waals surface area contributed by atoms with Gasteiger partial charge in [0.15, 0.2) is 0 Å². The van der Waals surface area contributed by atoms with Crippen molar-refractivity contribution >= 4 is 0 Å². The molecule has 2 saturated heterocycles. The molecule has 0 aliphatic carbocycles. The third kappa shape index (κ3) is 1.09. The highest BCUT2D eigenvalue weighted by molar-refractivity contribution is 4.91. The maximum Gasteiger partial charge on any atom is 0.0890 e. The zero-order chi connectivity index (χ0) is 7.84. The highest BCUT2D eigenvalue weighted by Gasteiger charge is 2.44. The Morgan fingerprint density at radius 3 is 2.64 bits per heavy atom. The average molecular weight is 156 g/mol. The second-order valence-corrected chi connectivity index (χ2v) is 3.74. The van der Waals surface area contributed by atoms with E-state index in [1.165, 1.54) is 6.42 Å². The van der Waals surface area contributed by atoms with Crippen molar-refractivity contribution in [1.29, 1.82) is 0 Å². The summed E-state index contributed by atoms with van der Waals surface area (Å²) in [7, 11) is 0. The van der Waals surface area contributed by atoms with E-state index in [4.69, 9.17) is 9.47 Å². The monoisotopic (exact) mass is 156 g/mol. The molecule has 4 atom stereocenters. The molecule has 2 aliphatic rings. The lowest BCUT2D eigenvalue weighted by Gasteiger charge is -2.13. The van der Waals surface area contributed by atoms with E-state index in [9.17, 15) is 0 Å². The van der Waals surface area contributed by atoms with Gasteiger partial charge in [0.25, 0.3) is 0 Å². The molecule has 2 fully saturated rings. The second-order valence-electron chi connectivity index (χ2n) is 3.74. The zero-order valence-electron chi connectivity index (χ0n) is 7.25. The Morgan fingerprint density at radius 1 is 1.18 bits per heavy atom. The smallest absolute Gasteiger partial charge is 0.0890 e. The Morgan fingerprint density at radius 2 is 1.91 bits per heavy atom. The third-order valence-corrected chi connectivity index (χ3v) is 2.93. The van der Waals surface area contributed by atoms with E-state index < -0.39 is 0 Å². The molecule has 2 heteroatoms. The summed E-state index contributed by atoms with van der Waals surface area (Å²) in [5.41, 5.74) is 0. The fraction of sp³-hybridized carbons (Fsp3) is 1.00. The standard InChI is InChI=1S/C9H16O2/c1-3-7-5-11-8-6(2)4-10-9(7)8/h6-9H,3-5H2,1-2H3/t6-,7-,8+,9+/m0/s1. The highest BCUT2D eigenvalue weighted by atomic mass is 16.6. The first-order chi connectivity index (χ1) is 5.33. The van der Waals surface area contributed by atoms with Gasteiger partial charge < -0.3 is 9.47 Å². The van der Waals surface area contributed by atoms with Crippen LogP contribution in [0.3, 0.4) is 0 Å². The molecule has 2 nitrogen and oxygen atoms in total. The number of hydrogen-bond acceptors (Lipinski definition) is 2. The van der Waals surface area contributed by atoms with Gasteiger partial charge in [-0.25, -0.2) is 0 Å². The maximum atomic E-state index is 5.67.